The third-order valence-corrected chi connectivity index (χ3v) is 3.25. The van der Waals surface area contributed by atoms with E-state index in [0.29, 0.717) is 0 Å². The van der Waals surface area contributed by atoms with Crippen molar-refractivity contribution in [2.75, 3.05) is 11.5 Å². The van der Waals surface area contributed by atoms with E-state index in [1.165, 1.54) is 13.1 Å². The third kappa shape index (κ3) is 4.19. The number of carboxylic acids is 1. The molecule has 0 saturated carbocycles. The maximum absolute atomic E-state index is 10.9. The van der Waals surface area contributed by atoms with Gasteiger partial charge in [0.25, 0.3) is 0 Å². The van der Waals surface area contributed by atoms with E-state index in [0.717, 1.165) is 17.8 Å². The first-order valence-corrected chi connectivity index (χ1v) is 6.29. The molecular formula is C11H14N2O5S. The molecule has 0 bridgehead atoms. The third-order valence-electron chi connectivity index (χ3n) is 2.33. The number of nitrogens with zero attached hydrogens (tertiary/aromatic N) is 1. The Balaban J connectivity index is 2.87. The van der Waals surface area contributed by atoms with E-state index in [1.807, 2.05) is 0 Å². The van der Waals surface area contributed by atoms with Crippen molar-refractivity contribution in [1.29, 1.82) is 0 Å². The number of hydrogen-bond donors (Lipinski definition) is 4. The van der Waals surface area contributed by atoms with Gasteiger partial charge in [0.2, 0.25) is 0 Å². The molecule has 5 N–H and O–H groups in total. The summed E-state index contributed by atoms with van der Waals surface area (Å²) >= 11 is 0.866. The van der Waals surface area contributed by atoms with Gasteiger partial charge < -0.3 is 21.1 Å². The summed E-state index contributed by atoms with van der Waals surface area (Å²) < 4.78 is 0. The molecule has 104 valence electrons. The average Bonchev–Trinajstić information content (AvgIpc) is 2.35. The molecule has 8 heteroatoms. The maximum Gasteiger partial charge on any atom is 0.339 e. The van der Waals surface area contributed by atoms with Gasteiger partial charge >= 0.3 is 5.97 Å². The Labute approximate surface area is 113 Å². The summed E-state index contributed by atoms with van der Waals surface area (Å²) in [6.45, 7) is 1.34. The molecule has 0 radical (unpaired) electrons. The van der Waals surface area contributed by atoms with Crippen LogP contribution in [0.25, 0.3) is 0 Å². The summed E-state index contributed by atoms with van der Waals surface area (Å²) in [4.78, 5) is 25.3. The van der Waals surface area contributed by atoms with Crippen molar-refractivity contribution in [2.24, 2.45) is 0 Å². The summed E-state index contributed by atoms with van der Waals surface area (Å²) in [6, 6.07) is 1.15. The molecule has 1 aromatic heterocycles. The van der Waals surface area contributed by atoms with Crippen molar-refractivity contribution in [3.05, 3.63) is 23.4 Å². The lowest BCUT2D eigenvalue weighted by atomic mass is 10.1. The normalized spacial score (nSPS) is 13.8. The molecule has 0 aliphatic heterocycles. The van der Waals surface area contributed by atoms with Gasteiger partial charge in [0.05, 0.1) is 6.10 Å². The zero-order chi connectivity index (χ0) is 14.6. The van der Waals surface area contributed by atoms with E-state index in [4.69, 9.17) is 10.8 Å². The number of carboxylic acid groups (broad SMARTS) is 1. The average molecular weight is 286 g/mol. The van der Waals surface area contributed by atoms with Crippen molar-refractivity contribution >= 4 is 28.7 Å². The topological polar surface area (TPSA) is 134 Å². The molecular weight excluding hydrogens is 272 g/mol. The van der Waals surface area contributed by atoms with Gasteiger partial charge in [0.15, 0.2) is 5.12 Å². The second kappa shape index (κ2) is 6.50. The number of rotatable bonds is 5. The molecule has 0 amide bonds. The molecule has 0 aliphatic carbocycles. The second-order valence-corrected chi connectivity index (χ2v) is 5.02. The molecule has 2 atom stereocenters. The van der Waals surface area contributed by atoms with Crippen LogP contribution in [0.3, 0.4) is 0 Å². The highest BCUT2D eigenvalue weighted by Crippen LogP contribution is 2.22. The number of nitrogen functional groups attached to an aromatic ring is 1. The smallest absolute Gasteiger partial charge is 0.339 e. The summed E-state index contributed by atoms with van der Waals surface area (Å²) in [6.07, 6.45) is -1.35. The zero-order valence-electron chi connectivity index (χ0n) is 10.1. The van der Waals surface area contributed by atoms with Crippen LogP contribution < -0.4 is 5.73 Å². The van der Waals surface area contributed by atoms with Gasteiger partial charge in [0, 0.05) is 24.4 Å². The van der Waals surface area contributed by atoms with E-state index in [2.05, 4.69) is 4.98 Å². The molecule has 0 aromatic carbocycles. The number of aromatic nitrogens is 1. The van der Waals surface area contributed by atoms with Crippen molar-refractivity contribution in [1.82, 2.24) is 4.98 Å². The minimum atomic E-state index is -1.34. The zero-order valence-corrected chi connectivity index (χ0v) is 10.9. The summed E-state index contributed by atoms with van der Waals surface area (Å²) in [7, 11) is 0. The summed E-state index contributed by atoms with van der Waals surface area (Å²) in [5.41, 5.74) is 5.26. The fraction of sp³-hybridized carbons (Fsp3) is 0.364. The number of aromatic carboxylic acids is 1. The fourth-order valence-corrected chi connectivity index (χ4v) is 1.93. The molecule has 0 fully saturated rings. The van der Waals surface area contributed by atoms with Crippen molar-refractivity contribution < 1.29 is 24.9 Å². The quantitative estimate of drug-likeness (QED) is 0.596. The van der Waals surface area contributed by atoms with Crippen LogP contribution in [0.15, 0.2) is 12.3 Å². The lowest BCUT2D eigenvalue weighted by Crippen LogP contribution is -2.22. The molecule has 2 unspecified atom stereocenters. The highest BCUT2D eigenvalue weighted by atomic mass is 32.2. The Morgan fingerprint density at radius 3 is 2.63 bits per heavy atom. The van der Waals surface area contributed by atoms with Crippen LogP contribution in [0.5, 0.6) is 0 Å². The van der Waals surface area contributed by atoms with E-state index in [1.54, 1.807) is 0 Å². The number of aliphatic hydroxyl groups is 2. The molecule has 0 spiro atoms. The van der Waals surface area contributed by atoms with Crippen LogP contribution in [-0.2, 0) is 4.79 Å². The number of nitrogens with two attached hydrogens (primary N) is 1. The molecule has 1 rings (SSSR count). The lowest BCUT2D eigenvalue weighted by molar-refractivity contribution is -0.109. The maximum atomic E-state index is 10.9. The molecule has 1 aromatic rings. The first kappa shape index (κ1) is 15.4. The molecule has 0 saturated heterocycles. The molecule has 19 heavy (non-hydrogen) atoms. The minimum absolute atomic E-state index is 0.00326. The Bertz CT molecular complexity index is 494. The van der Waals surface area contributed by atoms with E-state index >= 15 is 0 Å². The van der Waals surface area contributed by atoms with Gasteiger partial charge in [-0.25, -0.2) is 9.78 Å². The number of anilines is 1. The van der Waals surface area contributed by atoms with Gasteiger partial charge in [-0.3, -0.25) is 4.79 Å². The SMILES string of the molecule is CC(=O)SCC(O)C(O)c1cnc(N)c(C(=O)O)c1. The first-order chi connectivity index (χ1) is 8.82. The first-order valence-electron chi connectivity index (χ1n) is 5.31. The minimum Gasteiger partial charge on any atom is -0.478 e. The van der Waals surface area contributed by atoms with Gasteiger partial charge in [0.1, 0.15) is 17.5 Å². The largest absolute Gasteiger partial charge is 0.478 e. The number of thioether (sulfide) groups is 1. The molecule has 7 nitrogen and oxygen atoms in total. The van der Waals surface area contributed by atoms with Crippen LogP contribution >= 0.6 is 11.8 Å². The number of carbonyl (C=O) groups is 2. The number of pyridine rings is 1. The predicted octanol–water partition coefficient (Wildman–Crippen LogP) is 0.0360. The van der Waals surface area contributed by atoms with E-state index in [9.17, 15) is 19.8 Å². The van der Waals surface area contributed by atoms with E-state index < -0.39 is 18.2 Å². The predicted molar refractivity (Wildman–Crippen MR) is 69.7 cm³/mol. The fourth-order valence-electron chi connectivity index (χ4n) is 1.34. The summed E-state index contributed by atoms with van der Waals surface area (Å²) in [5, 5.41) is 28.2. The number of aliphatic hydroxyl groups excluding tert-OH is 2. The Kier molecular flexibility index (Phi) is 5.28. The van der Waals surface area contributed by atoms with Crippen LogP contribution in [0.4, 0.5) is 5.82 Å². The van der Waals surface area contributed by atoms with Crippen molar-refractivity contribution in [3.8, 4) is 0 Å². The Hall–Kier alpha value is -1.64. The van der Waals surface area contributed by atoms with Gasteiger partial charge in [-0.1, -0.05) is 11.8 Å². The van der Waals surface area contributed by atoms with Crippen LogP contribution in [0.1, 0.15) is 28.9 Å². The number of hydrogen-bond acceptors (Lipinski definition) is 7. The van der Waals surface area contributed by atoms with E-state index in [-0.39, 0.29) is 27.8 Å². The van der Waals surface area contributed by atoms with Gasteiger partial charge in [-0.05, 0) is 6.07 Å². The highest BCUT2D eigenvalue weighted by Gasteiger charge is 2.21. The Morgan fingerprint density at radius 2 is 2.11 bits per heavy atom. The van der Waals surface area contributed by atoms with Gasteiger partial charge in [-0.15, -0.1) is 0 Å². The van der Waals surface area contributed by atoms with Crippen molar-refractivity contribution in [3.63, 3.8) is 0 Å². The Morgan fingerprint density at radius 1 is 1.47 bits per heavy atom. The molecule has 0 aliphatic rings. The number of carbonyl (C=O) groups excluding carboxylic acids is 1. The second-order valence-electron chi connectivity index (χ2n) is 3.82. The van der Waals surface area contributed by atoms with Crippen LogP contribution in [-0.4, -0.2) is 43.2 Å². The lowest BCUT2D eigenvalue weighted by Gasteiger charge is -2.17. The van der Waals surface area contributed by atoms with Gasteiger partial charge in [-0.2, -0.15) is 0 Å². The van der Waals surface area contributed by atoms with Crippen molar-refractivity contribution in [2.45, 2.75) is 19.1 Å². The molecule has 1 heterocycles. The monoisotopic (exact) mass is 286 g/mol. The highest BCUT2D eigenvalue weighted by molar-refractivity contribution is 8.13. The standard InChI is InChI=1S/C11H14N2O5S/c1-5(14)19-4-8(15)9(16)6-2-7(11(17)18)10(12)13-3-6/h2-3,8-9,15-16H,4H2,1H3,(H2,12,13)(H,17,18). The summed E-state index contributed by atoms with van der Waals surface area (Å²) in [5.74, 6) is -1.44. The van der Waals surface area contributed by atoms with Crippen LogP contribution in [0.2, 0.25) is 0 Å². The van der Waals surface area contributed by atoms with Crippen LogP contribution in [0, 0.1) is 0 Å².